The molecule has 4 heteroatoms. The Labute approximate surface area is 77.3 Å². The minimum absolute atomic E-state index is 0.0430. The van der Waals surface area contributed by atoms with E-state index in [1.54, 1.807) is 7.05 Å². The topological polar surface area (TPSA) is 55.1 Å². The van der Waals surface area contributed by atoms with Gasteiger partial charge in [-0.25, -0.2) is 0 Å². The van der Waals surface area contributed by atoms with Gasteiger partial charge in [0.15, 0.2) is 0 Å². The molecule has 0 aliphatic rings. The van der Waals surface area contributed by atoms with E-state index in [0.717, 1.165) is 5.69 Å². The van der Waals surface area contributed by atoms with Crippen LogP contribution in [-0.4, -0.2) is 18.0 Å². The number of ketones is 1. The molecule has 13 heavy (non-hydrogen) atoms. The molecule has 0 fully saturated rings. The number of rotatable bonds is 4. The lowest BCUT2D eigenvalue weighted by molar-refractivity contribution is -0.121. The van der Waals surface area contributed by atoms with Gasteiger partial charge in [0.05, 0.1) is 12.1 Å². The molecule has 4 nitrogen and oxygen atoms in total. The van der Waals surface area contributed by atoms with E-state index < -0.39 is 0 Å². The monoisotopic (exact) mass is 182 g/mol. The maximum absolute atomic E-state index is 11.4. The van der Waals surface area contributed by atoms with Gasteiger partial charge in [-0.3, -0.25) is 4.79 Å². The average molecular weight is 182 g/mol. The number of carbonyl (C=O) groups is 1. The molecule has 1 N–H and O–H groups in total. The first-order valence-corrected chi connectivity index (χ1v) is 4.29. The standard InChI is InChI=1S/C9H14N2O2/c1-6(2)9(12)4-7-8(10-3)5-13-11-7/h5-6,10H,4H2,1-3H3. The van der Waals surface area contributed by atoms with Crippen LogP contribution in [0.3, 0.4) is 0 Å². The molecular formula is C9H14N2O2. The second kappa shape index (κ2) is 4.07. The summed E-state index contributed by atoms with van der Waals surface area (Å²) in [5.41, 5.74) is 1.47. The number of carbonyl (C=O) groups excluding carboxylic acids is 1. The highest BCUT2D eigenvalue weighted by Gasteiger charge is 2.13. The fourth-order valence-electron chi connectivity index (χ4n) is 0.960. The molecule has 0 aliphatic carbocycles. The largest absolute Gasteiger partial charge is 0.384 e. The van der Waals surface area contributed by atoms with E-state index in [9.17, 15) is 4.79 Å². The highest BCUT2D eigenvalue weighted by atomic mass is 16.5. The van der Waals surface area contributed by atoms with Crippen LogP contribution in [0.25, 0.3) is 0 Å². The summed E-state index contributed by atoms with van der Waals surface area (Å²) in [6.07, 6.45) is 1.84. The van der Waals surface area contributed by atoms with Gasteiger partial charge in [0, 0.05) is 13.0 Å². The summed E-state index contributed by atoms with van der Waals surface area (Å²) in [5.74, 6) is 0.215. The molecule has 72 valence electrons. The van der Waals surface area contributed by atoms with Crippen molar-refractivity contribution in [3.8, 4) is 0 Å². The Morgan fingerprint density at radius 2 is 2.38 bits per heavy atom. The van der Waals surface area contributed by atoms with Crippen molar-refractivity contribution < 1.29 is 9.32 Å². The van der Waals surface area contributed by atoms with E-state index in [4.69, 9.17) is 4.52 Å². The summed E-state index contributed by atoms with van der Waals surface area (Å²) < 4.78 is 4.75. The summed E-state index contributed by atoms with van der Waals surface area (Å²) in [4.78, 5) is 11.4. The van der Waals surface area contributed by atoms with Crippen molar-refractivity contribution in [2.24, 2.45) is 5.92 Å². The molecule has 0 unspecified atom stereocenters. The molecule has 0 bridgehead atoms. The number of Topliss-reactive ketones (excluding diaryl/α,β-unsaturated/α-hetero) is 1. The number of hydrogen-bond acceptors (Lipinski definition) is 4. The molecular weight excluding hydrogens is 168 g/mol. The van der Waals surface area contributed by atoms with E-state index in [2.05, 4.69) is 10.5 Å². The Balaban J connectivity index is 2.68. The van der Waals surface area contributed by atoms with Crippen LogP contribution >= 0.6 is 0 Å². The zero-order chi connectivity index (χ0) is 9.84. The Bertz CT molecular complexity index is 292. The van der Waals surface area contributed by atoms with Gasteiger partial charge in [-0.05, 0) is 0 Å². The van der Waals surface area contributed by atoms with E-state index in [-0.39, 0.29) is 11.7 Å². The Morgan fingerprint density at radius 1 is 1.69 bits per heavy atom. The normalized spacial score (nSPS) is 10.5. The second-order valence-electron chi connectivity index (χ2n) is 3.22. The number of nitrogens with one attached hydrogen (secondary N) is 1. The first-order valence-electron chi connectivity index (χ1n) is 4.29. The first-order chi connectivity index (χ1) is 6.15. The maximum atomic E-state index is 11.4. The molecule has 0 atom stereocenters. The zero-order valence-corrected chi connectivity index (χ0v) is 8.13. The summed E-state index contributed by atoms with van der Waals surface area (Å²) in [6.45, 7) is 3.75. The van der Waals surface area contributed by atoms with Crippen molar-refractivity contribution in [2.75, 3.05) is 12.4 Å². The van der Waals surface area contributed by atoms with Crippen molar-refractivity contribution in [2.45, 2.75) is 20.3 Å². The SMILES string of the molecule is CNc1conc1CC(=O)C(C)C. The number of anilines is 1. The highest BCUT2D eigenvalue weighted by Crippen LogP contribution is 2.14. The van der Waals surface area contributed by atoms with Crippen LogP contribution in [0.2, 0.25) is 0 Å². The third kappa shape index (κ3) is 2.31. The van der Waals surface area contributed by atoms with E-state index >= 15 is 0 Å². The van der Waals surface area contributed by atoms with Gasteiger partial charge in [-0.15, -0.1) is 0 Å². The molecule has 0 spiro atoms. The molecule has 0 saturated heterocycles. The molecule has 0 amide bonds. The highest BCUT2D eigenvalue weighted by molar-refractivity contribution is 5.83. The Kier molecular flexibility index (Phi) is 3.06. The summed E-state index contributed by atoms with van der Waals surface area (Å²) in [6, 6.07) is 0. The van der Waals surface area contributed by atoms with Crippen LogP contribution in [0.4, 0.5) is 5.69 Å². The predicted molar refractivity (Wildman–Crippen MR) is 49.6 cm³/mol. The van der Waals surface area contributed by atoms with Gasteiger partial charge in [0.1, 0.15) is 17.7 Å². The molecule has 0 radical (unpaired) electrons. The van der Waals surface area contributed by atoms with Crippen molar-refractivity contribution in [3.63, 3.8) is 0 Å². The average Bonchev–Trinajstić information content (AvgIpc) is 2.51. The van der Waals surface area contributed by atoms with E-state index in [1.165, 1.54) is 6.26 Å². The molecule has 1 aromatic heterocycles. The first kappa shape index (κ1) is 9.77. The molecule has 0 aromatic carbocycles. The zero-order valence-electron chi connectivity index (χ0n) is 8.13. The van der Waals surface area contributed by atoms with E-state index in [0.29, 0.717) is 12.1 Å². The minimum atomic E-state index is 0.0430. The van der Waals surface area contributed by atoms with Crippen LogP contribution in [0.15, 0.2) is 10.8 Å². The molecule has 0 aliphatic heterocycles. The van der Waals surface area contributed by atoms with Crippen molar-refractivity contribution in [1.29, 1.82) is 0 Å². The molecule has 1 heterocycles. The number of nitrogens with zero attached hydrogens (tertiary/aromatic N) is 1. The minimum Gasteiger partial charge on any atom is -0.384 e. The number of aromatic nitrogens is 1. The van der Waals surface area contributed by atoms with Crippen LogP contribution in [-0.2, 0) is 11.2 Å². The van der Waals surface area contributed by atoms with Gasteiger partial charge in [0.25, 0.3) is 0 Å². The fraction of sp³-hybridized carbons (Fsp3) is 0.556. The summed E-state index contributed by atoms with van der Waals surface area (Å²) in [5, 5.41) is 6.66. The Hall–Kier alpha value is -1.32. The lowest BCUT2D eigenvalue weighted by Gasteiger charge is -2.02. The second-order valence-corrected chi connectivity index (χ2v) is 3.22. The fourth-order valence-corrected chi connectivity index (χ4v) is 0.960. The predicted octanol–water partition coefficient (Wildman–Crippen LogP) is 1.48. The van der Waals surface area contributed by atoms with Gasteiger partial charge in [-0.1, -0.05) is 19.0 Å². The quantitative estimate of drug-likeness (QED) is 0.766. The van der Waals surface area contributed by atoms with Crippen LogP contribution in [0.5, 0.6) is 0 Å². The van der Waals surface area contributed by atoms with Gasteiger partial charge >= 0.3 is 0 Å². The maximum Gasteiger partial charge on any atom is 0.147 e. The van der Waals surface area contributed by atoms with Crippen LogP contribution in [0.1, 0.15) is 19.5 Å². The molecule has 0 saturated carbocycles. The third-order valence-electron chi connectivity index (χ3n) is 1.90. The molecule has 1 rings (SSSR count). The van der Waals surface area contributed by atoms with Crippen molar-refractivity contribution >= 4 is 11.5 Å². The van der Waals surface area contributed by atoms with Crippen LogP contribution < -0.4 is 5.32 Å². The smallest absolute Gasteiger partial charge is 0.147 e. The summed E-state index contributed by atoms with van der Waals surface area (Å²) >= 11 is 0. The lowest BCUT2D eigenvalue weighted by atomic mass is 10.0. The van der Waals surface area contributed by atoms with Gasteiger partial charge in [0.2, 0.25) is 0 Å². The van der Waals surface area contributed by atoms with E-state index in [1.807, 2.05) is 13.8 Å². The third-order valence-corrected chi connectivity index (χ3v) is 1.90. The lowest BCUT2D eigenvalue weighted by Crippen LogP contribution is -2.11. The number of hydrogen-bond donors (Lipinski definition) is 1. The van der Waals surface area contributed by atoms with Crippen molar-refractivity contribution in [3.05, 3.63) is 12.0 Å². The van der Waals surface area contributed by atoms with Crippen LogP contribution in [0, 0.1) is 5.92 Å². The summed E-state index contributed by atoms with van der Waals surface area (Å²) in [7, 11) is 1.77. The van der Waals surface area contributed by atoms with Crippen molar-refractivity contribution in [1.82, 2.24) is 5.16 Å². The Morgan fingerprint density at radius 3 is 2.92 bits per heavy atom. The molecule has 1 aromatic rings. The van der Waals surface area contributed by atoms with Gasteiger partial charge < -0.3 is 9.84 Å². The van der Waals surface area contributed by atoms with Gasteiger partial charge in [-0.2, -0.15) is 0 Å².